The van der Waals surface area contributed by atoms with Gasteiger partial charge in [-0.2, -0.15) is 0 Å². The van der Waals surface area contributed by atoms with Crippen molar-refractivity contribution in [1.29, 1.82) is 0 Å². The first-order chi connectivity index (χ1) is 13.6. The van der Waals surface area contributed by atoms with Gasteiger partial charge in [-0.3, -0.25) is 4.79 Å². The highest BCUT2D eigenvalue weighted by molar-refractivity contribution is 8.00. The fraction of sp³-hybridized carbons (Fsp3) is 0.381. The van der Waals surface area contributed by atoms with E-state index < -0.39 is 0 Å². The first-order valence-corrected chi connectivity index (χ1v) is 11.3. The molecule has 1 amide bonds. The molecular formula is C21H23N3O2S2. The zero-order valence-corrected chi connectivity index (χ0v) is 17.7. The normalized spacial score (nSPS) is 12.9. The lowest BCUT2D eigenvalue weighted by atomic mass is 10.1. The number of amides is 1. The molecule has 1 aliphatic rings. The molecule has 5 nitrogen and oxygen atoms in total. The number of benzene rings is 1. The van der Waals surface area contributed by atoms with Crippen molar-refractivity contribution in [1.82, 2.24) is 15.3 Å². The van der Waals surface area contributed by atoms with E-state index in [-0.39, 0.29) is 5.91 Å². The van der Waals surface area contributed by atoms with Gasteiger partial charge in [-0.05, 0) is 50.3 Å². The highest BCUT2D eigenvalue weighted by Crippen LogP contribution is 2.39. The predicted octanol–water partition coefficient (Wildman–Crippen LogP) is 4.08. The molecule has 2 heterocycles. The van der Waals surface area contributed by atoms with Gasteiger partial charge in [0.2, 0.25) is 5.91 Å². The summed E-state index contributed by atoms with van der Waals surface area (Å²) in [4.78, 5) is 23.5. The molecule has 1 aromatic carbocycles. The highest BCUT2D eigenvalue weighted by Gasteiger charge is 2.21. The zero-order valence-electron chi connectivity index (χ0n) is 16.1. The lowest BCUT2D eigenvalue weighted by Gasteiger charge is -2.10. The van der Waals surface area contributed by atoms with E-state index in [4.69, 9.17) is 4.74 Å². The molecule has 0 spiro atoms. The monoisotopic (exact) mass is 413 g/mol. The first kappa shape index (κ1) is 19.2. The van der Waals surface area contributed by atoms with Gasteiger partial charge in [0.25, 0.3) is 0 Å². The third-order valence-electron chi connectivity index (χ3n) is 4.82. The van der Waals surface area contributed by atoms with E-state index in [0.717, 1.165) is 39.4 Å². The van der Waals surface area contributed by atoms with Crippen LogP contribution in [0.15, 0.2) is 29.6 Å². The second-order valence-corrected chi connectivity index (χ2v) is 9.02. The Kier molecular flexibility index (Phi) is 5.82. The number of fused-ring (bicyclic) bond motifs is 3. The quantitative estimate of drug-likeness (QED) is 0.359. The smallest absolute Gasteiger partial charge is 0.230 e. The maximum Gasteiger partial charge on any atom is 0.230 e. The molecule has 0 bridgehead atoms. The molecule has 28 heavy (non-hydrogen) atoms. The molecule has 146 valence electrons. The molecule has 0 radical (unpaired) electrons. The van der Waals surface area contributed by atoms with Crippen molar-refractivity contribution in [2.45, 2.75) is 38.1 Å². The SMILES string of the molecule is Cc1ccc(OCCNC(=O)CSc2ncnc3sc4c(c23)CCC4)c(C)c1. The summed E-state index contributed by atoms with van der Waals surface area (Å²) in [5.74, 6) is 1.21. The van der Waals surface area contributed by atoms with E-state index in [0.29, 0.717) is 18.9 Å². The van der Waals surface area contributed by atoms with E-state index in [1.54, 1.807) is 17.7 Å². The summed E-state index contributed by atoms with van der Waals surface area (Å²) < 4.78 is 5.76. The van der Waals surface area contributed by atoms with Crippen molar-refractivity contribution >= 4 is 39.2 Å². The van der Waals surface area contributed by atoms with E-state index >= 15 is 0 Å². The Hall–Kier alpha value is -2.12. The number of carbonyl (C=O) groups is 1. The molecular weight excluding hydrogens is 390 g/mol. The highest BCUT2D eigenvalue weighted by atomic mass is 32.2. The molecule has 7 heteroatoms. The number of aromatic nitrogens is 2. The second kappa shape index (κ2) is 8.49. The van der Waals surface area contributed by atoms with Crippen molar-refractivity contribution in [3.63, 3.8) is 0 Å². The molecule has 0 fully saturated rings. The molecule has 4 rings (SSSR count). The van der Waals surface area contributed by atoms with Crippen molar-refractivity contribution in [3.05, 3.63) is 46.1 Å². The maximum atomic E-state index is 12.2. The fourth-order valence-electron chi connectivity index (χ4n) is 3.51. The molecule has 1 aliphatic carbocycles. The molecule has 1 N–H and O–H groups in total. The molecule has 0 saturated heterocycles. The van der Waals surface area contributed by atoms with Gasteiger partial charge in [0.05, 0.1) is 12.3 Å². The third kappa shape index (κ3) is 4.15. The van der Waals surface area contributed by atoms with Gasteiger partial charge in [-0.1, -0.05) is 29.5 Å². The molecule has 3 aromatic rings. The van der Waals surface area contributed by atoms with Gasteiger partial charge >= 0.3 is 0 Å². The van der Waals surface area contributed by atoms with Gasteiger partial charge in [0.15, 0.2) is 0 Å². The molecule has 0 atom stereocenters. The minimum absolute atomic E-state index is 0.00661. The number of nitrogens with one attached hydrogen (secondary N) is 1. The summed E-state index contributed by atoms with van der Waals surface area (Å²) in [5.41, 5.74) is 3.72. The Morgan fingerprint density at radius 1 is 1.29 bits per heavy atom. The van der Waals surface area contributed by atoms with Gasteiger partial charge in [0, 0.05) is 10.3 Å². The number of carbonyl (C=O) groups excluding carboxylic acids is 1. The summed E-state index contributed by atoms with van der Waals surface area (Å²) in [7, 11) is 0. The van der Waals surface area contributed by atoms with E-state index in [9.17, 15) is 4.79 Å². The lowest BCUT2D eigenvalue weighted by Crippen LogP contribution is -2.29. The topological polar surface area (TPSA) is 64.1 Å². The first-order valence-electron chi connectivity index (χ1n) is 9.46. The van der Waals surface area contributed by atoms with Crippen LogP contribution in [0.5, 0.6) is 5.75 Å². The van der Waals surface area contributed by atoms with Crippen LogP contribution in [0.1, 0.15) is 28.0 Å². The standard InChI is InChI=1S/C21H23N3O2S2/c1-13-6-7-16(14(2)10-13)26-9-8-22-18(25)11-27-20-19-15-4-3-5-17(15)28-21(19)24-12-23-20/h6-7,10,12H,3-5,8-9,11H2,1-2H3,(H,22,25). The summed E-state index contributed by atoms with van der Waals surface area (Å²) in [6.45, 7) is 5.03. The molecule has 0 aliphatic heterocycles. The van der Waals surface area contributed by atoms with Crippen LogP contribution in [0.3, 0.4) is 0 Å². The van der Waals surface area contributed by atoms with Crippen LogP contribution in [-0.2, 0) is 17.6 Å². The third-order valence-corrected chi connectivity index (χ3v) is 7.01. The predicted molar refractivity (Wildman–Crippen MR) is 115 cm³/mol. The number of hydrogen-bond acceptors (Lipinski definition) is 6. The van der Waals surface area contributed by atoms with Crippen molar-refractivity contribution < 1.29 is 9.53 Å². The number of ether oxygens (including phenoxy) is 1. The van der Waals surface area contributed by atoms with Gasteiger partial charge < -0.3 is 10.1 Å². The van der Waals surface area contributed by atoms with Crippen LogP contribution in [-0.4, -0.2) is 34.8 Å². The molecule has 0 saturated carbocycles. The van der Waals surface area contributed by atoms with Crippen LogP contribution in [0.25, 0.3) is 10.2 Å². The van der Waals surface area contributed by atoms with Crippen molar-refractivity contribution in [3.8, 4) is 5.75 Å². The Morgan fingerprint density at radius 2 is 2.18 bits per heavy atom. The van der Waals surface area contributed by atoms with Crippen molar-refractivity contribution in [2.24, 2.45) is 0 Å². The number of hydrogen-bond donors (Lipinski definition) is 1. The van der Waals surface area contributed by atoms with Gasteiger partial charge in [-0.15, -0.1) is 11.3 Å². The minimum atomic E-state index is -0.00661. The Balaban J connectivity index is 1.28. The Labute approximate surface area is 172 Å². The zero-order chi connectivity index (χ0) is 19.5. The second-order valence-electron chi connectivity index (χ2n) is 6.97. The Bertz CT molecular complexity index is 1020. The van der Waals surface area contributed by atoms with E-state index in [1.807, 2.05) is 19.1 Å². The van der Waals surface area contributed by atoms with Gasteiger partial charge in [0.1, 0.15) is 28.5 Å². The van der Waals surface area contributed by atoms with Crippen LogP contribution in [0.4, 0.5) is 0 Å². The number of rotatable bonds is 7. The lowest BCUT2D eigenvalue weighted by molar-refractivity contribution is -0.118. The summed E-state index contributed by atoms with van der Waals surface area (Å²) in [6.07, 6.45) is 5.04. The summed E-state index contributed by atoms with van der Waals surface area (Å²) in [6, 6.07) is 6.09. The largest absolute Gasteiger partial charge is 0.491 e. The van der Waals surface area contributed by atoms with Crippen LogP contribution >= 0.6 is 23.1 Å². The van der Waals surface area contributed by atoms with Crippen LogP contribution < -0.4 is 10.1 Å². The summed E-state index contributed by atoms with van der Waals surface area (Å²) in [5, 5.41) is 5.01. The van der Waals surface area contributed by atoms with E-state index in [1.165, 1.54) is 34.2 Å². The van der Waals surface area contributed by atoms with E-state index in [2.05, 4.69) is 28.3 Å². The number of thiophene rings is 1. The molecule has 0 unspecified atom stereocenters. The fourth-order valence-corrected chi connectivity index (χ4v) is 5.66. The van der Waals surface area contributed by atoms with Crippen LogP contribution in [0, 0.1) is 13.8 Å². The maximum absolute atomic E-state index is 12.2. The van der Waals surface area contributed by atoms with Crippen molar-refractivity contribution in [2.75, 3.05) is 18.9 Å². The number of thioether (sulfide) groups is 1. The summed E-state index contributed by atoms with van der Waals surface area (Å²) >= 11 is 3.26. The minimum Gasteiger partial charge on any atom is -0.491 e. The Morgan fingerprint density at radius 3 is 3.04 bits per heavy atom. The number of aryl methyl sites for hydroxylation is 4. The number of nitrogens with zero attached hydrogens (tertiary/aromatic N) is 2. The van der Waals surface area contributed by atoms with Gasteiger partial charge in [-0.25, -0.2) is 9.97 Å². The molecule has 2 aromatic heterocycles. The average Bonchev–Trinajstić information content (AvgIpc) is 3.26. The average molecular weight is 414 g/mol. The van der Waals surface area contributed by atoms with Crippen LogP contribution in [0.2, 0.25) is 0 Å².